The lowest BCUT2D eigenvalue weighted by atomic mass is 9.97. The minimum Gasteiger partial charge on any atom is -0.389 e. The Bertz CT molecular complexity index is 426. The third-order valence-electron chi connectivity index (χ3n) is 3.12. The van der Waals surface area contributed by atoms with Gasteiger partial charge in [-0.2, -0.15) is 0 Å². The molecule has 1 rings (SSSR count). The van der Waals surface area contributed by atoms with Gasteiger partial charge >= 0.3 is 0 Å². The Kier molecular flexibility index (Phi) is 5.28. The lowest BCUT2D eigenvalue weighted by molar-refractivity contribution is -0.125. The van der Waals surface area contributed by atoms with Crippen molar-refractivity contribution in [2.75, 3.05) is 0 Å². The number of rotatable bonds is 5. The van der Waals surface area contributed by atoms with Crippen LogP contribution in [0.4, 0.5) is 0 Å². The quantitative estimate of drug-likeness (QED) is 0.802. The first-order valence-corrected chi connectivity index (χ1v) is 6.49. The summed E-state index contributed by atoms with van der Waals surface area (Å²) in [7, 11) is 0. The predicted molar refractivity (Wildman–Crippen MR) is 78.2 cm³/mol. The molecule has 3 N–H and O–H groups in total. The van der Waals surface area contributed by atoms with Crippen molar-refractivity contribution < 1.29 is 4.79 Å². The number of amides is 1. The van der Waals surface area contributed by atoms with E-state index in [1.807, 2.05) is 45.0 Å². The molecular weight excluding hydrogens is 244 g/mol. The van der Waals surface area contributed by atoms with Gasteiger partial charge in [0.05, 0.1) is 0 Å². The van der Waals surface area contributed by atoms with E-state index >= 15 is 0 Å². The molecule has 1 aromatic rings. The van der Waals surface area contributed by atoms with Gasteiger partial charge in [-0.25, -0.2) is 0 Å². The zero-order valence-corrected chi connectivity index (χ0v) is 11.9. The van der Waals surface area contributed by atoms with Gasteiger partial charge in [-0.05, 0) is 11.5 Å². The maximum absolute atomic E-state index is 11.8. The van der Waals surface area contributed by atoms with Crippen molar-refractivity contribution in [3.63, 3.8) is 0 Å². The smallest absolute Gasteiger partial charge is 0.223 e. The van der Waals surface area contributed by atoms with Crippen molar-refractivity contribution in [2.24, 2.45) is 17.6 Å². The second-order valence-corrected chi connectivity index (χ2v) is 5.25. The fourth-order valence-electron chi connectivity index (χ4n) is 1.44. The van der Waals surface area contributed by atoms with Crippen molar-refractivity contribution in [1.82, 2.24) is 5.32 Å². The Labute approximate surface area is 114 Å². The minimum absolute atomic E-state index is 0.0286. The van der Waals surface area contributed by atoms with Crippen LogP contribution in [0.5, 0.6) is 0 Å². The zero-order valence-electron chi connectivity index (χ0n) is 11.1. The monoisotopic (exact) mass is 264 g/mol. The maximum Gasteiger partial charge on any atom is 0.223 e. The van der Waals surface area contributed by atoms with Crippen LogP contribution >= 0.6 is 12.2 Å². The molecule has 18 heavy (non-hydrogen) atoms. The largest absolute Gasteiger partial charge is 0.389 e. The van der Waals surface area contributed by atoms with Gasteiger partial charge in [0.2, 0.25) is 5.91 Å². The van der Waals surface area contributed by atoms with Crippen LogP contribution in [0.2, 0.25) is 0 Å². The highest BCUT2D eigenvalue weighted by molar-refractivity contribution is 7.80. The van der Waals surface area contributed by atoms with Crippen LogP contribution in [0.25, 0.3) is 0 Å². The summed E-state index contributed by atoms with van der Waals surface area (Å²) >= 11 is 4.88. The fourth-order valence-corrected chi connectivity index (χ4v) is 1.58. The van der Waals surface area contributed by atoms with E-state index in [0.29, 0.717) is 17.5 Å². The van der Waals surface area contributed by atoms with E-state index in [1.54, 1.807) is 0 Å². The molecule has 0 bridgehead atoms. The molecule has 0 aromatic heterocycles. The standard InChI is InChI=1S/C14H20N2OS/c1-9(2)10(3)14(17)16-8-11-4-6-12(7-5-11)13(15)18/h4-7,9-10H,8H2,1-3H3,(H2,15,18)(H,16,17). The molecule has 0 heterocycles. The molecule has 1 atom stereocenters. The summed E-state index contributed by atoms with van der Waals surface area (Å²) in [5.74, 6) is 0.464. The van der Waals surface area contributed by atoms with Gasteiger partial charge < -0.3 is 11.1 Å². The average molecular weight is 264 g/mol. The Morgan fingerprint density at radius 1 is 1.28 bits per heavy atom. The van der Waals surface area contributed by atoms with E-state index in [1.165, 1.54) is 0 Å². The number of carbonyl (C=O) groups excluding carboxylic acids is 1. The first kappa shape index (κ1) is 14.6. The summed E-state index contributed by atoms with van der Waals surface area (Å²) < 4.78 is 0. The second kappa shape index (κ2) is 6.50. The van der Waals surface area contributed by atoms with E-state index in [4.69, 9.17) is 18.0 Å². The molecule has 0 saturated carbocycles. The zero-order chi connectivity index (χ0) is 13.7. The topological polar surface area (TPSA) is 55.1 Å². The van der Waals surface area contributed by atoms with Crippen molar-refractivity contribution in [2.45, 2.75) is 27.3 Å². The molecule has 0 saturated heterocycles. The van der Waals surface area contributed by atoms with Crippen LogP contribution in [-0.4, -0.2) is 10.9 Å². The Balaban J connectivity index is 2.54. The summed E-state index contributed by atoms with van der Waals surface area (Å²) in [5.41, 5.74) is 7.40. The molecule has 1 amide bonds. The molecular formula is C14H20N2OS. The van der Waals surface area contributed by atoms with Crippen molar-refractivity contribution in [1.29, 1.82) is 0 Å². The van der Waals surface area contributed by atoms with Crippen LogP contribution < -0.4 is 11.1 Å². The molecule has 0 fully saturated rings. The summed E-state index contributed by atoms with van der Waals surface area (Å²) in [5, 5.41) is 2.93. The van der Waals surface area contributed by atoms with Crippen molar-refractivity contribution in [3.05, 3.63) is 35.4 Å². The lowest BCUT2D eigenvalue weighted by Gasteiger charge is -2.15. The molecule has 4 heteroatoms. The number of hydrogen-bond donors (Lipinski definition) is 2. The molecule has 0 aliphatic heterocycles. The Hall–Kier alpha value is -1.42. The normalized spacial score (nSPS) is 12.2. The lowest BCUT2D eigenvalue weighted by Crippen LogP contribution is -2.31. The van der Waals surface area contributed by atoms with Crippen LogP contribution in [0.3, 0.4) is 0 Å². The molecule has 98 valence electrons. The van der Waals surface area contributed by atoms with Gasteiger partial charge in [0.25, 0.3) is 0 Å². The number of benzene rings is 1. The van der Waals surface area contributed by atoms with E-state index in [2.05, 4.69) is 5.32 Å². The number of nitrogens with two attached hydrogens (primary N) is 1. The molecule has 1 aromatic carbocycles. The Morgan fingerprint density at radius 2 is 1.83 bits per heavy atom. The summed E-state index contributed by atoms with van der Waals surface area (Å²) in [4.78, 5) is 12.2. The molecule has 1 unspecified atom stereocenters. The van der Waals surface area contributed by atoms with E-state index in [0.717, 1.165) is 11.1 Å². The number of carbonyl (C=O) groups is 1. The van der Waals surface area contributed by atoms with E-state index in [-0.39, 0.29) is 11.8 Å². The molecule has 0 aliphatic rings. The van der Waals surface area contributed by atoms with Crippen LogP contribution in [0.15, 0.2) is 24.3 Å². The summed E-state index contributed by atoms with van der Waals surface area (Å²) in [6, 6.07) is 7.59. The van der Waals surface area contributed by atoms with Gasteiger partial charge in [0.1, 0.15) is 4.99 Å². The highest BCUT2D eigenvalue weighted by Crippen LogP contribution is 2.10. The Morgan fingerprint density at radius 3 is 2.28 bits per heavy atom. The summed E-state index contributed by atoms with van der Waals surface area (Å²) in [6.07, 6.45) is 0. The average Bonchev–Trinajstić information content (AvgIpc) is 2.35. The number of hydrogen-bond acceptors (Lipinski definition) is 2. The van der Waals surface area contributed by atoms with Crippen LogP contribution in [0, 0.1) is 11.8 Å². The van der Waals surface area contributed by atoms with E-state index in [9.17, 15) is 4.79 Å². The summed E-state index contributed by atoms with van der Waals surface area (Å²) in [6.45, 7) is 6.56. The van der Waals surface area contributed by atoms with Gasteiger partial charge in [-0.15, -0.1) is 0 Å². The molecule has 0 aliphatic carbocycles. The minimum atomic E-state index is 0.0286. The van der Waals surface area contributed by atoms with Crippen molar-refractivity contribution >= 4 is 23.1 Å². The van der Waals surface area contributed by atoms with E-state index < -0.39 is 0 Å². The molecule has 3 nitrogen and oxygen atoms in total. The van der Waals surface area contributed by atoms with Crippen molar-refractivity contribution in [3.8, 4) is 0 Å². The first-order chi connectivity index (χ1) is 8.41. The first-order valence-electron chi connectivity index (χ1n) is 6.08. The van der Waals surface area contributed by atoms with Gasteiger partial charge in [-0.1, -0.05) is 57.3 Å². The maximum atomic E-state index is 11.8. The highest BCUT2D eigenvalue weighted by atomic mass is 32.1. The predicted octanol–water partition coefficient (Wildman–Crippen LogP) is 2.23. The number of nitrogens with one attached hydrogen (secondary N) is 1. The van der Waals surface area contributed by atoms with Gasteiger partial charge in [-0.3, -0.25) is 4.79 Å². The second-order valence-electron chi connectivity index (χ2n) is 4.81. The molecule has 0 radical (unpaired) electrons. The number of thiocarbonyl (C=S) groups is 1. The van der Waals surface area contributed by atoms with Crippen LogP contribution in [-0.2, 0) is 11.3 Å². The SMILES string of the molecule is CC(C)C(C)C(=O)NCc1ccc(C(N)=S)cc1. The molecule has 0 spiro atoms. The highest BCUT2D eigenvalue weighted by Gasteiger charge is 2.15. The fraction of sp³-hybridized carbons (Fsp3) is 0.429. The van der Waals surface area contributed by atoms with Crippen LogP contribution in [0.1, 0.15) is 31.9 Å². The third kappa shape index (κ3) is 4.11. The third-order valence-corrected chi connectivity index (χ3v) is 3.35. The van der Waals surface area contributed by atoms with Gasteiger partial charge in [0, 0.05) is 18.0 Å². The van der Waals surface area contributed by atoms with Gasteiger partial charge in [0.15, 0.2) is 0 Å².